The van der Waals surface area contributed by atoms with Gasteiger partial charge in [0, 0.05) is 19.5 Å². The molecule has 0 bridgehead atoms. The molecule has 0 aromatic carbocycles. The first-order chi connectivity index (χ1) is 4.13. The first kappa shape index (κ1) is 13.2. The molecule has 0 atom stereocenters. The Hall–Kier alpha value is 0.623. The van der Waals surface area contributed by atoms with Gasteiger partial charge < -0.3 is 6.42 Å². The van der Waals surface area contributed by atoms with E-state index >= 15 is 0 Å². The molecule has 1 heteroatoms. The predicted molar refractivity (Wildman–Crippen MR) is 43.2 cm³/mol. The molecular formula is C9H19Zn-. The van der Waals surface area contributed by atoms with Crippen LogP contribution in [0.5, 0.6) is 0 Å². The molecule has 0 nitrogen and oxygen atoms in total. The largest absolute Gasteiger partial charge is 0.328 e. The Morgan fingerprint density at radius 3 is 1.40 bits per heavy atom. The minimum atomic E-state index is 0. The summed E-state index contributed by atoms with van der Waals surface area (Å²) in [5, 5.41) is 0. The third-order valence-electron chi connectivity index (χ3n) is 1.28. The van der Waals surface area contributed by atoms with Crippen LogP contribution in [0.1, 0.15) is 40.5 Å². The van der Waals surface area contributed by atoms with Crippen LogP contribution in [0.3, 0.4) is 0 Å². The summed E-state index contributed by atoms with van der Waals surface area (Å²) in [5.41, 5.74) is 0. The molecule has 0 aromatic heterocycles. The van der Waals surface area contributed by atoms with E-state index in [4.69, 9.17) is 0 Å². The maximum absolute atomic E-state index is 2.40. The number of hydrogen-bond acceptors (Lipinski definition) is 0. The summed E-state index contributed by atoms with van der Waals surface area (Å²) in [6.07, 6.45) is 4.95. The van der Waals surface area contributed by atoms with E-state index in [0.717, 1.165) is 11.8 Å². The predicted octanol–water partition coefficient (Wildman–Crippen LogP) is 3.28. The second kappa shape index (κ2) is 7.73. The van der Waals surface area contributed by atoms with Crippen LogP contribution in [0.25, 0.3) is 0 Å². The molecule has 0 unspecified atom stereocenters. The van der Waals surface area contributed by atoms with E-state index in [1.165, 1.54) is 12.8 Å². The second-order valence-corrected chi connectivity index (χ2v) is 3.55. The molecule has 0 spiro atoms. The molecule has 0 heterocycles. The van der Waals surface area contributed by atoms with Crippen molar-refractivity contribution >= 4 is 0 Å². The van der Waals surface area contributed by atoms with Gasteiger partial charge in [-0.25, -0.2) is 0 Å². The fourth-order valence-electron chi connectivity index (χ4n) is 0.763. The fourth-order valence-corrected chi connectivity index (χ4v) is 0.763. The Kier molecular flexibility index (Phi) is 10.2. The summed E-state index contributed by atoms with van der Waals surface area (Å²) >= 11 is 0. The molecule has 58 valence electrons. The first-order valence-corrected chi connectivity index (χ1v) is 3.94. The van der Waals surface area contributed by atoms with Gasteiger partial charge in [-0.3, -0.25) is 0 Å². The van der Waals surface area contributed by atoms with Crippen molar-refractivity contribution in [1.82, 2.24) is 0 Å². The Bertz CT molecular complexity index is 49.7. The van der Waals surface area contributed by atoms with Crippen LogP contribution in [-0.4, -0.2) is 0 Å². The van der Waals surface area contributed by atoms with Crippen LogP contribution in [0.2, 0.25) is 0 Å². The quantitative estimate of drug-likeness (QED) is 0.474. The van der Waals surface area contributed by atoms with Gasteiger partial charge in [0.25, 0.3) is 0 Å². The monoisotopic (exact) mass is 191 g/mol. The van der Waals surface area contributed by atoms with Gasteiger partial charge in [-0.1, -0.05) is 39.5 Å². The fraction of sp³-hybridized carbons (Fsp3) is 0.889. The molecule has 0 saturated heterocycles. The molecule has 0 saturated carbocycles. The summed E-state index contributed by atoms with van der Waals surface area (Å²) in [6, 6.07) is 0. The SMILES string of the molecule is CC(C)C[CH-]CC(C)C.[Zn]. The van der Waals surface area contributed by atoms with Gasteiger partial charge in [-0.2, -0.15) is 12.8 Å². The Morgan fingerprint density at radius 1 is 0.900 bits per heavy atom. The summed E-state index contributed by atoms with van der Waals surface area (Å²) in [5.74, 6) is 1.67. The topological polar surface area (TPSA) is 0 Å². The van der Waals surface area contributed by atoms with Crippen LogP contribution in [-0.2, 0) is 19.5 Å². The Balaban J connectivity index is 0. The maximum atomic E-state index is 2.40. The van der Waals surface area contributed by atoms with E-state index in [1.54, 1.807) is 0 Å². The number of hydrogen-bond donors (Lipinski definition) is 0. The van der Waals surface area contributed by atoms with Crippen molar-refractivity contribution in [2.45, 2.75) is 40.5 Å². The summed E-state index contributed by atoms with van der Waals surface area (Å²) in [4.78, 5) is 0. The van der Waals surface area contributed by atoms with Crippen molar-refractivity contribution in [3.63, 3.8) is 0 Å². The first-order valence-electron chi connectivity index (χ1n) is 3.94. The van der Waals surface area contributed by atoms with Crippen LogP contribution in [0.15, 0.2) is 0 Å². The molecule has 0 aromatic rings. The van der Waals surface area contributed by atoms with Gasteiger partial charge in [-0.05, 0) is 0 Å². The molecular weight excluding hydrogens is 173 g/mol. The summed E-state index contributed by atoms with van der Waals surface area (Å²) < 4.78 is 0. The van der Waals surface area contributed by atoms with Gasteiger partial charge >= 0.3 is 0 Å². The molecule has 0 N–H and O–H groups in total. The molecule has 0 fully saturated rings. The Morgan fingerprint density at radius 2 is 1.20 bits per heavy atom. The van der Waals surface area contributed by atoms with Crippen molar-refractivity contribution in [3.05, 3.63) is 6.42 Å². The average molecular weight is 193 g/mol. The normalized spacial score (nSPS) is 10.2. The van der Waals surface area contributed by atoms with Gasteiger partial charge in [0.05, 0.1) is 0 Å². The van der Waals surface area contributed by atoms with E-state index in [0.29, 0.717) is 0 Å². The van der Waals surface area contributed by atoms with Gasteiger partial charge in [0.15, 0.2) is 0 Å². The minimum Gasteiger partial charge on any atom is -0.328 e. The van der Waals surface area contributed by atoms with Crippen molar-refractivity contribution in [2.75, 3.05) is 0 Å². The Labute approximate surface area is 78.5 Å². The van der Waals surface area contributed by atoms with E-state index < -0.39 is 0 Å². The van der Waals surface area contributed by atoms with Crippen molar-refractivity contribution in [3.8, 4) is 0 Å². The van der Waals surface area contributed by atoms with Crippen LogP contribution in [0.4, 0.5) is 0 Å². The number of rotatable bonds is 4. The molecule has 0 rings (SSSR count). The zero-order valence-electron chi connectivity index (χ0n) is 7.85. The molecule has 0 aliphatic carbocycles. The zero-order valence-corrected chi connectivity index (χ0v) is 10.8. The molecule has 0 aliphatic heterocycles. The van der Waals surface area contributed by atoms with E-state index in [2.05, 4.69) is 34.1 Å². The van der Waals surface area contributed by atoms with Crippen molar-refractivity contribution in [2.24, 2.45) is 11.8 Å². The van der Waals surface area contributed by atoms with E-state index in [-0.39, 0.29) is 19.5 Å². The molecule has 0 radical (unpaired) electrons. The van der Waals surface area contributed by atoms with Gasteiger partial charge in [0.2, 0.25) is 0 Å². The van der Waals surface area contributed by atoms with Gasteiger partial charge in [0.1, 0.15) is 0 Å². The maximum Gasteiger partial charge on any atom is 0 e. The van der Waals surface area contributed by atoms with Crippen LogP contribution in [0, 0.1) is 18.3 Å². The van der Waals surface area contributed by atoms with E-state index in [9.17, 15) is 0 Å². The van der Waals surface area contributed by atoms with Gasteiger partial charge in [-0.15, -0.1) is 0 Å². The zero-order chi connectivity index (χ0) is 7.28. The van der Waals surface area contributed by atoms with Crippen LogP contribution >= 0.6 is 0 Å². The molecule has 0 aliphatic rings. The third-order valence-corrected chi connectivity index (χ3v) is 1.28. The minimum absolute atomic E-state index is 0. The molecule has 10 heavy (non-hydrogen) atoms. The smallest absolute Gasteiger partial charge is 0 e. The summed E-state index contributed by atoms with van der Waals surface area (Å²) in [7, 11) is 0. The summed E-state index contributed by atoms with van der Waals surface area (Å²) in [6.45, 7) is 9.04. The van der Waals surface area contributed by atoms with Crippen molar-refractivity contribution < 1.29 is 19.5 Å². The third kappa shape index (κ3) is 11.4. The van der Waals surface area contributed by atoms with Crippen LogP contribution < -0.4 is 0 Å². The second-order valence-electron chi connectivity index (χ2n) is 3.55. The van der Waals surface area contributed by atoms with E-state index in [1.807, 2.05) is 0 Å². The average Bonchev–Trinajstić information content (AvgIpc) is 1.63. The molecule has 0 amide bonds. The standard InChI is InChI=1S/C9H19.Zn/c1-8(2)6-5-7-9(3)4;/h5,8-9H,6-7H2,1-4H3;/q-1;. The van der Waals surface area contributed by atoms with Crippen molar-refractivity contribution in [1.29, 1.82) is 0 Å².